The average molecular weight is 352 g/mol. The Hall–Kier alpha value is -0.750. The van der Waals surface area contributed by atoms with Gasteiger partial charge in [0.15, 0.2) is 5.78 Å². The van der Waals surface area contributed by atoms with E-state index >= 15 is 0 Å². The van der Waals surface area contributed by atoms with E-state index in [1.165, 1.54) is 0 Å². The number of fused-ring (bicyclic) bond motifs is 3. The molecule has 3 aliphatic rings. The lowest BCUT2D eigenvalue weighted by Crippen LogP contribution is -2.46. The van der Waals surface area contributed by atoms with Crippen molar-refractivity contribution in [1.82, 2.24) is 0 Å². The van der Waals surface area contributed by atoms with Crippen LogP contribution >= 0.6 is 0 Å². The van der Waals surface area contributed by atoms with E-state index in [0.29, 0.717) is 12.0 Å². The molecule has 3 aliphatic heterocycles. The lowest BCUT2D eigenvalue weighted by atomic mass is 9.80. The van der Waals surface area contributed by atoms with Crippen molar-refractivity contribution in [3.05, 3.63) is 11.6 Å². The molecular weight excluding hydrogens is 320 g/mol. The Kier molecular flexibility index (Phi) is 4.68. The first-order valence-electron chi connectivity index (χ1n) is 9.45. The largest absolute Gasteiger partial charge is 0.390 e. The first-order chi connectivity index (χ1) is 11.5. The number of hydrogen-bond acceptors (Lipinski definition) is 5. The number of aliphatic hydroxyl groups excluding tert-OH is 2. The number of epoxide rings is 1. The zero-order chi connectivity index (χ0) is 18.6. The highest BCUT2D eigenvalue weighted by Crippen LogP contribution is 2.53. The average Bonchev–Trinajstić information content (AvgIpc) is 2.95. The van der Waals surface area contributed by atoms with Crippen molar-refractivity contribution < 1.29 is 24.5 Å². The molecule has 0 radical (unpaired) electrons. The zero-order valence-corrected chi connectivity index (χ0v) is 16.0. The molecule has 5 nitrogen and oxygen atoms in total. The predicted octanol–water partition coefficient (Wildman–Crippen LogP) is 2.53. The van der Waals surface area contributed by atoms with Crippen molar-refractivity contribution in [2.45, 2.75) is 102 Å². The van der Waals surface area contributed by atoms with Crippen LogP contribution in [0.2, 0.25) is 0 Å². The van der Waals surface area contributed by atoms with Crippen LogP contribution in [-0.4, -0.2) is 51.1 Å². The quantitative estimate of drug-likeness (QED) is 0.709. The molecule has 0 aromatic carbocycles. The maximum atomic E-state index is 12.4. The number of rotatable bonds is 1. The minimum Gasteiger partial charge on any atom is -0.390 e. The SMILES string of the molecule is C/C1=C\[C@@H](O)C[C@@]2(C)O[C@@H]2C[C@]2(C(C)C)CC[C@@](C)(O2)[C@H](O)CC1=O. The van der Waals surface area contributed by atoms with Crippen LogP contribution in [-0.2, 0) is 14.3 Å². The second-order valence-electron chi connectivity index (χ2n) is 9.02. The molecule has 0 aliphatic carbocycles. The monoisotopic (exact) mass is 352 g/mol. The van der Waals surface area contributed by atoms with Crippen LogP contribution in [0.5, 0.6) is 0 Å². The van der Waals surface area contributed by atoms with E-state index in [4.69, 9.17) is 9.47 Å². The standard InChI is InChI=1S/C20H32O5/c1-12(2)20-7-6-18(4,25-20)16(23)9-15(22)13(3)8-14(21)10-19(5)17(11-20)24-19/h8,12,14,16-17,21,23H,6-7,9-11H2,1-5H3/b13-8+/t14-,16-,17-,18-,19-,20+/m1/s1. The van der Waals surface area contributed by atoms with Gasteiger partial charge in [-0.05, 0) is 51.2 Å². The molecule has 6 atom stereocenters. The van der Waals surface area contributed by atoms with Crippen LogP contribution < -0.4 is 0 Å². The predicted molar refractivity (Wildman–Crippen MR) is 94.2 cm³/mol. The summed E-state index contributed by atoms with van der Waals surface area (Å²) in [4.78, 5) is 12.4. The Balaban J connectivity index is 1.94. The molecule has 142 valence electrons. The van der Waals surface area contributed by atoms with E-state index in [0.717, 1.165) is 19.3 Å². The molecule has 0 saturated carbocycles. The number of carbonyl (C=O) groups excluding carboxylic acids is 1. The second kappa shape index (κ2) is 6.15. The fraction of sp³-hybridized carbons (Fsp3) is 0.850. The molecular formula is C20H32O5. The summed E-state index contributed by atoms with van der Waals surface area (Å²) in [5, 5.41) is 21.1. The summed E-state index contributed by atoms with van der Waals surface area (Å²) >= 11 is 0. The third-order valence-corrected chi connectivity index (χ3v) is 6.68. The fourth-order valence-electron chi connectivity index (χ4n) is 4.50. The van der Waals surface area contributed by atoms with E-state index in [2.05, 4.69) is 13.8 Å². The van der Waals surface area contributed by atoms with Gasteiger partial charge in [0.25, 0.3) is 0 Å². The molecule has 3 rings (SSSR count). The van der Waals surface area contributed by atoms with Crippen molar-refractivity contribution in [3.8, 4) is 0 Å². The van der Waals surface area contributed by atoms with Gasteiger partial charge < -0.3 is 19.7 Å². The van der Waals surface area contributed by atoms with Crippen LogP contribution in [0.3, 0.4) is 0 Å². The number of Topliss-reactive ketones (excluding diaryl/α,β-unsaturated/α-hetero) is 1. The van der Waals surface area contributed by atoms with Gasteiger partial charge >= 0.3 is 0 Å². The highest BCUT2D eigenvalue weighted by molar-refractivity contribution is 5.95. The number of allylic oxidation sites excluding steroid dienone is 1. The lowest BCUT2D eigenvalue weighted by molar-refractivity contribution is -0.169. The molecule has 2 bridgehead atoms. The molecule has 0 aromatic rings. The van der Waals surface area contributed by atoms with Crippen LogP contribution in [0, 0.1) is 5.92 Å². The van der Waals surface area contributed by atoms with E-state index in [9.17, 15) is 15.0 Å². The third-order valence-electron chi connectivity index (χ3n) is 6.68. The summed E-state index contributed by atoms with van der Waals surface area (Å²) in [5.41, 5.74) is -0.972. The molecule has 25 heavy (non-hydrogen) atoms. The number of ether oxygens (including phenoxy) is 2. The third kappa shape index (κ3) is 3.44. The highest BCUT2D eigenvalue weighted by atomic mass is 16.6. The van der Waals surface area contributed by atoms with E-state index in [-0.39, 0.29) is 35.4 Å². The summed E-state index contributed by atoms with van der Waals surface area (Å²) in [6.45, 7) is 9.91. The maximum absolute atomic E-state index is 12.4. The molecule has 0 amide bonds. The Labute approximate surface area is 150 Å². The Bertz CT molecular complexity index is 585. The molecule has 3 heterocycles. The van der Waals surface area contributed by atoms with Crippen LogP contribution in [0.4, 0.5) is 0 Å². The van der Waals surface area contributed by atoms with Crippen LogP contribution in [0.1, 0.15) is 66.7 Å². The summed E-state index contributed by atoms with van der Waals surface area (Å²) in [5.74, 6) is 0.136. The van der Waals surface area contributed by atoms with Crippen molar-refractivity contribution in [2.75, 3.05) is 0 Å². The molecule has 2 saturated heterocycles. The Morgan fingerprint density at radius 2 is 1.84 bits per heavy atom. The Morgan fingerprint density at radius 1 is 1.16 bits per heavy atom. The molecule has 5 heteroatoms. The number of carbonyl (C=O) groups is 1. The van der Waals surface area contributed by atoms with Gasteiger partial charge in [-0.2, -0.15) is 0 Å². The van der Waals surface area contributed by atoms with Crippen molar-refractivity contribution in [1.29, 1.82) is 0 Å². The van der Waals surface area contributed by atoms with Crippen molar-refractivity contribution in [2.24, 2.45) is 5.92 Å². The summed E-state index contributed by atoms with van der Waals surface area (Å²) in [7, 11) is 0. The van der Waals surface area contributed by atoms with Gasteiger partial charge in [-0.1, -0.05) is 13.8 Å². The molecule has 0 unspecified atom stereocenters. The summed E-state index contributed by atoms with van der Waals surface area (Å²) in [6.07, 6.45) is 2.88. The number of ketones is 1. The van der Waals surface area contributed by atoms with Crippen LogP contribution in [0.15, 0.2) is 11.6 Å². The first kappa shape index (κ1) is 19.0. The second-order valence-corrected chi connectivity index (χ2v) is 9.02. The smallest absolute Gasteiger partial charge is 0.161 e. The van der Waals surface area contributed by atoms with Gasteiger partial charge in [0.2, 0.25) is 0 Å². The highest BCUT2D eigenvalue weighted by Gasteiger charge is 2.60. The summed E-state index contributed by atoms with van der Waals surface area (Å²) in [6, 6.07) is 0. The van der Waals surface area contributed by atoms with E-state index in [1.807, 2.05) is 13.8 Å². The van der Waals surface area contributed by atoms with Gasteiger partial charge in [-0.25, -0.2) is 0 Å². The number of aliphatic hydroxyl groups is 2. The molecule has 2 fully saturated rings. The van der Waals surface area contributed by atoms with Crippen molar-refractivity contribution >= 4 is 5.78 Å². The lowest BCUT2D eigenvalue weighted by Gasteiger charge is -2.38. The van der Waals surface area contributed by atoms with Crippen LogP contribution in [0.25, 0.3) is 0 Å². The topological polar surface area (TPSA) is 79.3 Å². The Morgan fingerprint density at radius 3 is 2.48 bits per heavy atom. The normalized spacial score (nSPS) is 50.3. The van der Waals surface area contributed by atoms with Gasteiger partial charge in [-0.3, -0.25) is 4.79 Å². The molecule has 2 N–H and O–H groups in total. The minimum absolute atomic E-state index is 0.0247. The fourth-order valence-corrected chi connectivity index (χ4v) is 4.50. The van der Waals surface area contributed by atoms with E-state index < -0.39 is 17.8 Å². The minimum atomic E-state index is -0.853. The van der Waals surface area contributed by atoms with E-state index in [1.54, 1.807) is 13.0 Å². The zero-order valence-electron chi connectivity index (χ0n) is 16.0. The van der Waals surface area contributed by atoms with Gasteiger partial charge in [-0.15, -0.1) is 0 Å². The molecule has 0 aromatic heterocycles. The molecule has 0 spiro atoms. The maximum Gasteiger partial charge on any atom is 0.161 e. The van der Waals surface area contributed by atoms with Gasteiger partial charge in [0.1, 0.15) is 0 Å². The van der Waals surface area contributed by atoms with Gasteiger partial charge in [0, 0.05) is 19.3 Å². The van der Waals surface area contributed by atoms with Gasteiger partial charge in [0.05, 0.1) is 35.1 Å². The number of hydrogen-bond donors (Lipinski definition) is 2. The summed E-state index contributed by atoms with van der Waals surface area (Å²) < 4.78 is 12.5. The first-order valence-corrected chi connectivity index (χ1v) is 9.45. The van der Waals surface area contributed by atoms with Crippen molar-refractivity contribution in [3.63, 3.8) is 0 Å².